The molecule has 2 aliphatic rings. The van der Waals surface area contributed by atoms with Crippen LogP contribution >= 0.6 is 0 Å². The molecule has 0 radical (unpaired) electrons. The first-order valence-electron chi connectivity index (χ1n) is 9.75. The molecule has 0 saturated heterocycles. The average molecular weight is 399 g/mol. The molecule has 1 saturated carbocycles. The summed E-state index contributed by atoms with van der Waals surface area (Å²) in [6.45, 7) is 1.75. The Morgan fingerprint density at radius 3 is 2.69 bits per heavy atom. The largest absolute Gasteiger partial charge is 0.493 e. The highest BCUT2D eigenvalue weighted by molar-refractivity contribution is 5.71. The van der Waals surface area contributed by atoms with Crippen LogP contribution in [-0.2, 0) is 13.0 Å². The van der Waals surface area contributed by atoms with Crippen LogP contribution in [0.25, 0.3) is 11.1 Å². The van der Waals surface area contributed by atoms with Crippen molar-refractivity contribution >= 4 is 5.69 Å². The van der Waals surface area contributed by atoms with E-state index in [0.717, 1.165) is 16.8 Å². The van der Waals surface area contributed by atoms with E-state index in [0.29, 0.717) is 37.8 Å². The van der Waals surface area contributed by atoms with E-state index in [4.69, 9.17) is 4.74 Å². The van der Waals surface area contributed by atoms with Gasteiger partial charge in [0.25, 0.3) is 0 Å². The number of hydrogen-bond donors (Lipinski definition) is 1. The lowest BCUT2D eigenvalue weighted by atomic mass is 10.0. The van der Waals surface area contributed by atoms with E-state index in [1.165, 1.54) is 37.2 Å². The third-order valence-corrected chi connectivity index (χ3v) is 5.53. The topological polar surface area (TPSA) is 41.2 Å². The number of ether oxygens (including phenoxy) is 1. The maximum absolute atomic E-state index is 14.7. The molecule has 3 aromatic rings. The van der Waals surface area contributed by atoms with Gasteiger partial charge in [0.15, 0.2) is 0 Å². The van der Waals surface area contributed by atoms with Crippen LogP contribution in [0.15, 0.2) is 36.5 Å². The molecule has 0 spiro atoms. The number of H-pyrrole nitrogens is 1. The second-order valence-electron chi connectivity index (χ2n) is 7.78. The Morgan fingerprint density at radius 2 is 1.93 bits per heavy atom. The molecule has 1 N–H and O–H groups in total. The van der Waals surface area contributed by atoms with Crippen molar-refractivity contribution in [2.75, 3.05) is 18.1 Å². The summed E-state index contributed by atoms with van der Waals surface area (Å²) >= 11 is 0. The van der Waals surface area contributed by atoms with Crippen molar-refractivity contribution in [3.05, 3.63) is 65.2 Å². The lowest BCUT2D eigenvalue weighted by Gasteiger charge is -2.20. The fourth-order valence-electron chi connectivity index (χ4n) is 3.82. The van der Waals surface area contributed by atoms with Crippen molar-refractivity contribution in [3.63, 3.8) is 0 Å². The Kier molecular flexibility index (Phi) is 4.45. The number of benzene rings is 2. The van der Waals surface area contributed by atoms with Crippen molar-refractivity contribution in [3.8, 4) is 16.9 Å². The fraction of sp³-hybridized carbons (Fsp3) is 0.318. The number of fused-ring (bicyclic) bond motifs is 1. The number of halogens is 3. The monoisotopic (exact) mass is 399 g/mol. The zero-order valence-corrected chi connectivity index (χ0v) is 15.7. The maximum Gasteiger partial charge on any atom is 0.216 e. The second kappa shape index (κ2) is 7.13. The second-order valence-corrected chi connectivity index (χ2v) is 7.78. The number of anilines is 1. The Hall–Kier alpha value is -2.96. The third kappa shape index (κ3) is 3.69. The maximum atomic E-state index is 14.7. The van der Waals surface area contributed by atoms with E-state index in [1.54, 1.807) is 6.07 Å². The van der Waals surface area contributed by atoms with Crippen molar-refractivity contribution < 1.29 is 17.9 Å². The van der Waals surface area contributed by atoms with Gasteiger partial charge < -0.3 is 9.64 Å². The first-order chi connectivity index (χ1) is 14.1. The van der Waals surface area contributed by atoms with Crippen molar-refractivity contribution in [1.29, 1.82) is 0 Å². The molecule has 7 heteroatoms. The molecule has 29 heavy (non-hydrogen) atoms. The van der Waals surface area contributed by atoms with Crippen LogP contribution in [0, 0.1) is 23.5 Å². The first kappa shape index (κ1) is 18.1. The van der Waals surface area contributed by atoms with Crippen LogP contribution in [0.4, 0.5) is 18.9 Å². The molecule has 0 bridgehead atoms. The van der Waals surface area contributed by atoms with Crippen LogP contribution in [0.3, 0.4) is 0 Å². The van der Waals surface area contributed by atoms with Gasteiger partial charge in [0, 0.05) is 30.4 Å². The van der Waals surface area contributed by atoms with E-state index in [1.807, 2.05) is 11.0 Å². The molecule has 1 aliphatic carbocycles. The Bertz CT molecular complexity index is 1060. The summed E-state index contributed by atoms with van der Waals surface area (Å²) in [7, 11) is 0. The average Bonchev–Trinajstić information content (AvgIpc) is 3.31. The number of aromatic amines is 1. The summed E-state index contributed by atoms with van der Waals surface area (Å²) in [6.07, 6.45) is 4.33. The summed E-state index contributed by atoms with van der Waals surface area (Å²) in [6, 6.07) is 7.82. The summed E-state index contributed by atoms with van der Waals surface area (Å²) in [5.74, 6) is -0.391. The van der Waals surface area contributed by atoms with Crippen LogP contribution in [-0.4, -0.2) is 23.3 Å². The summed E-state index contributed by atoms with van der Waals surface area (Å²) in [5, 5.41) is 5.82. The smallest absolute Gasteiger partial charge is 0.216 e. The molecular formula is C22H20F3N3O. The fourth-order valence-corrected chi connectivity index (χ4v) is 3.82. The molecular weight excluding hydrogens is 379 g/mol. The highest BCUT2D eigenvalue weighted by Gasteiger charge is 2.24. The van der Waals surface area contributed by atoms with Gasteiger partial charge in [0.1, 0.15) is 17.4 Å². The molecule has 1 aliphatic heterocycles. The molecule has 2 heterocycles. The lowest BCUT2D eigenvalue weighted by molar-refractivity contribution is 0.298. The van der Waals surface area contributed by atoms with E-state index in [9.17, 15) is 13.2 Å². The highest BCUT2D eigenvalue weighted by Crippen LogP contribution is 2.36. The van der Waals surface area contributed by atoms with Gasteiger partial charge in [-0.1, -0.05) is 0 Å². The Balaban J connectivity index is 1.38. The zero-order valence-electron chi connectivity index (χ0n) is 15.7. The molecule has 0 atom stereocenters. The molecule has 1 aromatic heterocycles. The van der Waals surface area contributed by atoms with Crippen molar-refractivity contribution in [2.45, 2.75) is 25.8 Å². The molecule has 2 aromatic carbocycles. The van der Waals surface area contributed by atoms with Crippen molar-refractivity contribution in [2.24, 2.45) is 5.92 Å². The van der Waals surface area contributed by atoms with Gasteiger partial charge >= 0.3 is 0 Å². The number of aromatic nitrogens is 2. The predicted octanol–water partition coefficient (Wildman–Crippen LogP) is 4.85. The number of hydrogen-bond acceptors (Lipinski definition) is 3. The lowest BCUT2D eigenvalue weighted by Crippen LogP contribution is -2.20. The SMILES string of the molecule is Fc1cc(CN2CCc3cc(-c4cn[nH]c4F)c(F)cc32)cc(OCC2CC2)c1. The van der Waals surface area contributed by atoms with Crippen LogP contribution in [0.2, 0.25) is 0 Å². The van der Waals surface area contributed by atoms with Gasteiger partial charge in [-0.25, -0.2) is 8.78 Å². The highest BCUT2D eigenvalue weighted by atomic mass is 19.1. The summed E-state index contributed by atoms with van der Waals surface area (Å²) < 4.78 is 48.2. The van der Waals surface area contributed by atoms with Crippen LogP contribution in [0.5, 0.6) is 5.75 Å². The molecule has 150 valence electrons. The molecule has 0 unspecified atom stereocenters. The predicted molar refractivity (Wildman–Crippen MR) is 103 cm³/mol. The third-order valence-electron chi connectivity index (χ3n) is 5.53. The molecule has 5 rings (SSSR count). The normalized spacial score (nSPS) is 15.6. The van der Waals surface area contributed by atoms with E-state index < -0.39 is 11.8 Å². The van der Waals surface area contributed by atoms with Gasteiger partial charge in [-0.15, -0.1) is 0 Å². The first-order valence-corrected chi connectivity index (χ1v) is 9.75. The quantitative estimate of drug-likeness (QED) is 0.645. The van der Waals surface area contributed by atoms with Crippen LogP contribution in [0.1, 0.15) is 24.0 Å². The standard InChI is InChI=1S/C22H20F3N3O/c23-16-5-14(6-17(8-16)29-12-13-1-2-13)11-28-4-3-15-7-18(20(24)9-21(15)28)19-10-26-27-22(19)25/h5-10,13H,1-4,11-12H2,(H,26,27). The van der Waals surface area contributed by atoms with Gasteiger partial charge in [-0.05, 0) is 60.6 Å². The summed E-state index contributed by atoms with van der Waals surface area (Å²) in [5.41, 5.74) is 2.77. The molecule has 1 fully saturated rings. The van der Waals surface area contributed by atoms with E-state index in [2.05, 4.69) is 10.2 Å². The molecule has 0 amide bonds. The number of nitrogens with one attached hydrogen (secondary N) is 1. The van der Waals surface area contributed by atoms with Crippen molar-refractivity contribution in [1.82, 2.24) is 10.2 Å². The minimum atomic E-state index is -0.655. The Morgan fingerprint density at radius 1 is 1.07 bits per heavy atom. The molecule has 4 nitrogen and oxygen atoms in total. The van der Waals surface area contributed by atoms with Gasteiger partial charge in [-0.2, -0.15) is 9.49 Å². The van der Waals surface area contributed by atoms with E-state index >= 15 is 0 Å². The van der Waals surface area contributed by atoms with Gasteiger partial charge in [-0.3, -0.25) is 5.10 Å². The van der Waals surface area contributed by atoms with Crippen LogP contribution < -0.4 is 9.64 Å². The van der Waals surface area contributed by atoms with Gasteiger partial charge in [0.2, 0.25) is 5.95 Å². The number of rotatable bonds is 6. The minimum Gasteiger partial charge on any atom is -0.493 e. The van der Waals surface area contributed by atoms with E-state index in [-0.39, 0.29) is 16.9 Å². The minimum absolute atomic E-state index is 0.117. The summed E-state index contributed by atoms with van der Waals surface area (Å²) in [4.78, 5) is 2.01. The van der Waals surface area contributed by atoms with Gasteiger partial charge in [0.05, 0.1) is 18.4 Å². The zero-order chi connectivity index (χ0) is 20.0. The number of nitrogens with zero attached hydrogens (tertiary/aromatic N) is 2. The Labute approximate surface area is 166 Å².